The number of nitrogens with one attached hydrogen (secondary N) is 1. The van der Waals surface area contributed by atoms with E-state index in [0.29, 0.717) is 5.91 Å². The van der Waals surface area contributed by atoms with Crippen LogP contribution in [0.5, 0.6) is 0 Å². The highest BCUT2D eigenvalue weighted by Gasteiger charge is 2.32. The first-order valence-electron chi connectivity index (χ1n) is 8.40. The molecule has 0 radical (unpaired) electrons. The molecule has 1 amide bonds. The molecule has 0 aliphatic carbocycles. The van der Waals surface area contributed by atoms with Crippen LogP contribution in [0.4, 0.5) is 0 Å². The number of carbonyl (C=O) groups excluding carboxylic acids is 1. The fourth-order valence-corrected chi connectivity index (χ4v) is 3.80. The second-order valence-corrected chi connectivity index (χ2v) is 6.48. The van der Waals surface area contributed by atoms with Crippen LogP contribution in [0, 0.1) is 5.92 Å². The van der Waals surface area contributed by atoms with Crippen molar-refractivity contribution >= 4 is 5.91 Å². The maximum atomic E-state index is 13.0. The Balaban J connectivity index is 1.81. The number of aromatic nitrogens is 1. The molecule has 1 aromatic rings. The molecule has 2 aliphatic rings. The lowest BCUT2D eigenvalue weighted by molar-refractivity contribution is -0.138. The Morgan fingerprint density at radius 3 is 2.86 bits per heavy atom. The molecule has 0 spiro atoms. The first kappa shape index (κ1) is 14.6. The summed E-state index contributed by atoms with van der Waals surface area (Å²) in [6.07, 6.45) is 8.97. The van der Waals surface area contributed by atoms with Gasteiger partial charge in [0.25, 0.3) is 0 Å². The first-order valence-corrected chi connectivity index (χ1v) is 8.40. The lowest BCUT2D eigenvalue weighted by Crippen LogP contribution is -2.44. The molecule has 0 aromatic carbocycles. The van der Waals surface area contributed by atoms with Crippen LogP contribution in [0.25, 0.3) is 0 Å². The Labute approximate surface area is 127 Å². The minimum absolute atomic E-state index is 0.180. The summed E-state index contributed by atoms with van der Waals surface area (Å²) in [6.45, 7) is 2.84. The van der Waals surface area contributed by atoms with Gasteiger partial charge in [0.1, 0.15) is 0 Å². The largest absolute Gasteiger partial charge is 0.353 e. The van der Waals surface area contributed by atoms with E-state index >= 15 is 0 Å². The van der Waals surface area contributed by atoms with Crippen molar-refractivity contribution in [3.8, 4) is 0 Å². The third-order valence-electron chi connectivity index (χ3n) is 5.01. The molecule has 3 rings (SSSR count). The van der Waals surface area contributed by atoms with Gasteiger partial charge >= 0.3 is 0 Å². The Kier molecular flexibility index (Phi) is 4.63. The average molecular weight is 289 g/mol. The second kappa shape index (κ2) is 6.65. The number of piperidine rings is 1. The van der Waals surface area contributed by atoms with Crippen LogP contribution in [0.1, 0.15) is 50.3 Å². The second-order valence-electron chi connectivity index (χ2n) is 6.48. The smallest absolute Gasteiger partial charge is 0.227 e. The van der Waals surface area contributed by atoms with Gasteiger partial charge in [0.05, 0.1) is 12.0 Å². The number of aryl methyl sites for hydroxylation is 1. The molecular weight excluding hydrogens is 262 g/mol. The van der Waals surface area contributed by atoms with Gasteiger partial charge in [0.2, 0.25) is 5.91 Å². The summed E-state index contributed by atoms with van der Waals surface area (Å²) in [5.74, 6) is 0.551. The van der Waals surface area contributed by atoms with E-state index in [0.717, 1.165) is 45.3 Å². The van der Waals surface area contributed by atoms with E-state index in [4.69, 9.17) is 0 Å². The fourth-order valence-electron chi connectivity index (χ4n) is 3.80. The molecule has 0 saturated carbocycles. The van der Waals surface area contributed by atoms with Crippen molar-refractivity contribution in [3.05, 3.63) is 24.0 Å². The number of hydrogen-bond acceptors (Lipinski definition) is 2. The molecule has 2 saturated heterocycles. The van der Waals surface area contributed by atoms with E-state index in [9.17, 15) is 4.79 Å². The van der Waals surface area contributed by atoms with Gasteiger partial charge < -0.3 is 14.8 Å². The third kappa shape index (κ3) is 3.15. The minimum atomic E-state index is 0.180. The first-order chi connectivity index (χ1) is 10.3. The number of nitrogens with zero attached hydrogens (tertiary/aromatic N) is 2. The Hall–Kier alpha value is -1.29. The normalized spacial score (nSPS) is 27.4. The van der Waals surface area contributed by atoms with Crippen molar-refractivity contribution < 1.29 is 4.79 Å². The molecule has 21 heavy (non-hydrogen) atoms. The Morgan fingerprint density at radius 1 is 1.24 bits per heavy atom. The molecule has 116 valence electrons. The van der Waals surface area contributed by atoms with Crippen LogP contribution in [0.15, 0.2) is 18.3 Å². The van der Waals surface area contributed by atoms with Gasteiger partial charge in [-0.15, -0.1) is 0 Å². The molecule has 2 aliphatic heterocycles. The monoisotopic (exact) mass is 289 g/mol. The van der Waals surface area contributed by atoms with Crippen molar-refractivity contribution in [3.63, 3.8) is 0 Å². The number of amides is 1. The number of rotatable bonds is 2. The molecule has 3 heterocycles. The van der Waals surface area contributed by atoms with Crippen molar-refractivity contribution in [1.29, 1.82) is 0 Å². The van der Waals surface area contributed by atoms with Gasteiger partial charge in [0.15, 0.2) is 0 Å². The van der Waals surface area contributed by atoms with Crippen LogP contribution in [-0.4, -0.2) is 35.0 Å². The van der Waals surface area contributed by atoms with Crippen LogP contribution >= 0.6 is 0 Å². The summed E-state index contributed by atoms with van der Waals surface area (Å²) in [6, 6.07) is 4.53. The lowest BCUT2D eigenvalue weighted by Gasteiger charge is -2.35. The van der Waals surface area contributed by atoms with Crippen LogP contribution in [0.2, 0.25) is 0 Å². The summed E-state index contributed by atoms with van der Waals surface area (Å²) in [5, 5.41) is 3.38. The molecule has 1 unspecified atom stereocenters. The Bertz CT molecular complexity index is 476. The van der Waals surface area contributed by atoms with Gasteiger partial charge in [-0.05, 0) is 44.4 Å². The summed E-state index contributed by atoms with van der Waals surface area (Å²) in [4.78, 5) is 15.2. The highest BCUT2D eigenvalue weighted by atomic mass is 16.2. The Morgan fingerprint density at radius 2 is 2.14 bits per heavy atom. The van der Waals surface area contributed by atoms with E-state index in [1.165, 1.54) is 18.5 Å². The van der Waals surface area contributed by atoms with Gasteiger partial charge in [-0.1, -0.05) is 12.8 Å². The summed E-state index contributed by atoms with van der Waals surface area (Å²) in [5.41, 5.74) is 1.29. The zero-order chi connectivity index (χ0) is 14.7. The standard InChI is InChI=1S/C17H27N3O/c1-19-11-6-9-15(19)16-8-3-2-4-12-20(16)17(21)14-7-5-10-18-13-14/h6,9,11,14,16,18H,2-5,7-8,10,12-13H2,1H3/t14-,16?/m1/s1. The predicted molar refractivity (Wildman–Crippen MR) is 83.9 cm³/mol. The maximum Gasteiger partial charge on any atom is 0.227 e. The lowest BCUT2D eigenvalue weighted by atomic mass is 9.96. The highest BCUT2D eigenvalue weighted by molar-refractivity contribution is 5.79. The van der Waals surface area contributed by atoms with Crippen LogP contribution < -0.4 is 5.32 Å². The quantitative estimate of drug-likeness (QED) is 0.908. The molecule has 4 heteroatoms. The molecule has 1 aromatic heterocycles. The maximum absolute atomic E-state index is 13.0. The van der Waals surface area contributed by atoms with Crippen molar-refractivity contribution in [2.24, 2.45) is 13.0 Å². The van der Waals surface area contributed by atoms with Gasteiger partial charge in [0, 0.05) is 32.0 Å². The SMILES string of the molecule is Cn1cccc1C1CCCCCN1C(=O)[C@@H]1CCCNC1. The molecule has 4 nitrogen and oxygen atoms in total. The fraction of sp³-hybridized carbons (Fsp3) is 0.706. The average Bonchev–Trinajstić information content (AvgIpc) is 2.80. The molecule has 0 bridgehead atoms. The van der Waals surface area contributed by atoms with E-state index in [1.54, 1.807) is 0 Å². The van der Waals surface area contributed by atoms with Crippen molar-refractivity contribution in [2.75, 3.05) is 19.6 Å². The predicted octanol–water partition coefficient (Wildman–Crippen LogP) is 2.47. The van der Waals surface area contributed by atoms with Gasteiger partial charge in [-0.25, -0.2) is 0 Å². The third-order valence-corrected chi connectivity index (χ3v) is 5.01. The molecule has 2 fully saturated rings. The molecule has 1 N–H and O–H groups in total. The molecule has 2 atom stereocenters. The molecular formula is C17H27N3O. The van der Waals surface area contributed by atoms with E-state index in [2.05, 4.69) is 40.2 Å². The number of hydrogen-bond donors (Lipinski definition) is 1. The number of likely N-dealkylation sites (tertiary alicyclic amines) is 1. The van der Waals surface area contributed by atoms with Gasteiger partial charge in [-0.3, -0.25) is 4.79 Å². The highest BCUT2D eigenvalue weighted by Crippen LogP contribution is 2.32. The van der Waals surface area contributed by atoms with Gasteiger partial charge in [-0.2, -0.15) is 0 Å². The zero-order valence-electron chi connectivity index (χ0n) is 13.1. The summed E-state index contributed by atoms with van der Waals surface area (Å²) in [7, 11) is 2.09. The topological polar surface area (TPSA) is 37.3 Å². The van der Waals surface area contributed by atoms with E-state index < -0.39 is 0 Å². The van der Waals surface area contributed by atoms with Crippen molar-refractivity contribution in [1.82, 2.24) is 14.8 Å². The van der Waals surface area contributed by atoms with E-state index in [-0.39, 0.29) is 12.0 Å². The van der Waals surface area contributed by atoms with E-state index in [1.807, 2.05) is 0 Å². The minimum Gasteiger partial charge on any atom is -0.353 e. The van der Waals surface area contributed by atoms with Crippen molar-refractivity contribution in [2.45, 2.75) is 44.6 Å². The zero-order valence-corrected chi connectivity index (χ0v) is 13.1. The summed E-state index contributed by atoms with van der Waals surface area (Å²) >= 11 is 0. The number of carbonyl (C=O) groups is 1. The van der Waals surface area contributed by atoms with Crippen LogP contribution in [-0.2, 0) is 11.8 Å². The summed E-state index contributed by atoms with van der Waals surface area (Å²) < 4.78 is 2.18. The van der Waals surface area contributed by atoms with Crippen LogP contribution in [0.3, 0.4) is 0 Å².